The van der Waals surface area contributed by atoms with Crippen LogP contribution in [0.3, 0.4) is 0 Å². The fourth-order valence-corrected chi connectivity index (χ4v) is 2.34. The van der Waals surface area contributed by atoms with Gasteiger partial charge in [-0.05, 0) is 17.7 Å². The molecule has 0 saturated heterocycles. The SMILES string of the molecule is Fc1cc(Cl)ccc1C(Br)c1ccccc1. The minimum Gasteiger partial charge on any atom is -0.207 e. The number of halogens is 3. The van der Waals surface area contributed by atoms with E-state index < -0.39 is 0 Å². The van der Waals surface area contributed by atoms with E-state index in [4.69, 9.17) is 11.6 Å². The lowest BCUT2D eigenvalue weighted by Gasteiger charge is -2.11. The van der Waals surface area contributed by atoms with Gasteiger partial charge in [0.05, 0.1) is 4.83 Å². The van der Waals surface area contributed by atoms with E-state index in [0.717, 1.165) is 5.56 Å². The molecular formula is C13H9BrClF. The van der Waals surface area contributed by atoms with Crippen molar-refractivity contribution < 1.29 is 4.39 Å². The van der Waals surface area contributed by atoms with Crippen molar-refractivity contribution in [3.63, 3.8) is 0 Å². The van der Waals surface area contributed by atoms with E-state index in [1.165, 1.54) is 6.07 Å². The third-order valence-electron chi connectivity index (χ3n) is 2.33. The number of hydrogen-bond acceptors (Lipinski definition) is 0. The maximum absolute atomic E-state index is 13.7. The second kappa shape index (κ2) is 4.98. The maximum Gasteiger partial charge on any atom is 0.129 e. The highest BCUT2D eigenvalue weighted by molar-refractivity contribution is 9.09. The monoisotopic (exact) mass is 298 g/mol. The molecule has 3 heteroatoms. The lowest BCUT2D eigenvalue weighted by molar-refractivity contribution is 0.613. The zero-order chi connectivity index (χ0) is 11.5. The van der Waals surface area contributed by atoms with E-state index in [-0.39, 0.29) is 10.6 Å². The Bertz CT molecular complexity index is 485. The van der Waals surface area contributed by atoms with Crippen molar-refractivity contribution in [1.29, 1.82) is 0 Å². The Morgan fingerprint density at radius 3 is 2.38 bits per heavy atom. The highest BCUT2D eigenvalue weighted by Crippen LogP contribution is 2.33. The van der Waals surface area contributed by atoms with Crippen molar-refractivity contribution in [1.82, 2.24) is 0 Å². The Kier molecular flexibility index (Phi) is 3.62. The molecule has 16 heavy (non-hydrogen) atoms. The van der Waals surface area contributed by atoms with Gasteiger partial charge in [-0.1, -0.05) is 63.9 Å². The zero-order valence-electron chi connectivity index (χ0n) is 8.33. The molecule has 0 spiro atoms. The van der Waals surface area contributed by atoms with Crippen LogP contribution in [0.1, 0.15) is 16.0 Å². The van der Waals surface area contributed by atoms with Crippen LogP contribution >= 0.6 is 27.5 Å². The van der Waals surface area contributed by atoms with Gasteiger partial charge in [0.1, 0.15) is 5.82 Å². The Morgan fingerprint density at radius 2 is 1.75 bits per heavy atom. The molecule has 0 fully saturated rings. The Balaban J connectivity index is 2.38. The van der Waals surface area contributed by atoms with Gasteiger partial charge in [-0.3, -0.25) is 0 Å². The van der Waals surface area contributed by atoms with Crippen LogP contribution in [0, 0.1) is 5.82 Å². The van der Waals surface area contributed by atoms with Crippen LogP contribution in [0.2, 0.25) is 5.02 Å². The highest BCUT2D eigenvalue weighted by Gasteiger charge is 2.14. The van der Waals surface area contributed by atoms with Gasteiger partial charge in [-0.15, -0.1) is 0 Å². The molecule has 2 aromatic carbocycles. The lowest BCUT2D eigenvalue weighted by atomic mass is 10.0. The predicted molar refractivity (Wildman–Crippen MR) is 68.6 cm³/mol. The van der Waals surface area contributed by atoms with Crippen molar-refractivity contribution in [2.75, 3.05) is 0 Å². The molecule has 0 saturated carbocycles. The van der Waals surface area contributed by atoms with Crippen LogP contribution in [0.25, 0.3) is 0 Å². The second-order valence-corrected chi connectivity index (χ2v) is 4.79. The maximum atomic E-state index is 13.7. The molecule has 0 aliphatic carbocycles. The second-order valence-electron chi connectivity index (χ2n) is 3.44. The van der Waals surface area contributed by atoms with Crippen LogP contribution in [0.15, 0.2) is 48.5 Å². The molecule has 1 atom stereocenters. The van der Waals surface area contributed by atoms with Crippen molar-refractivity contribution in [3.05, 3.63) is 70.5 Å². The zero-order valence-corrected chi connectivity index (χ0v) is 10.7. The van der Waals surface area contributed by atoms with Crippen LogP contribution in [0.4, 0.5) is 4.39 Å². The topological polar surface area (TPSA) is 0 Å². The van der Waals surface area contributed by atoms with Crippen LogP contribution in [0.5, 0.6) is 0 Å². The van der Waals surface area contributed by atoms with E-state index in [0.29, 0.717) is 10.6 Å². The molecule has 2 rings (SSSR count). The highest BCUT2D eigenvalue weighted by atomic mass is 79.9. The largest absolute Gasteiger partial charge is 0.207 e. The van der Waals surface area contributed by atoms with Crippen molar-refractivity contribution in [2.24, 2.45) is 0 Å². The third-order valence-corrected chi connectivity index (χ3v) is 3.58. The van der Waals surface area contributed by atoms with E-state index in [1.807, 2.05) is 30.3 Å². The summed E-state index contributed by atoms with van der Waals surface area (Å²) in [5.41, 5.74) is 1.61. The van der Waals surface area contributed by atoms with Crippen molar-refractivity contribution in [3.8, 4) is 0 Å². The first-order chi connectivity index (χ1) is 7.68. The molecule has 0 N–H and O–H groups in total. The predicted octanol–water partition coefficient (Wildman–Crippen LogP) is 4.96. The van der Waals surface area contributed by atoms with Crippen LogP contribution in [-0.4, -0.2) is 0 Å². The molecular weight excluding hydrogens is 290 g/mol. The molecule has 0 nitrogen and oxygen atoms in total. The van der Waals surface area contributed by atoms with Crippen LogP contribution < -0.4 is 0 Å². The van der Waals surface area contributed by atoms with E-state index in [1.54, 1.807) is 12.1 Å². The summed E-state index contributed by atoms with van der Waals surface area (Å²) in [5.74, 6) is -0.293. The van der Waals surface area contributed by atoms with Gasteiger partial charge in [0, 0.05) is 10.6 Å². The summed E-state index contributed by atoms with van der Waals surface area (Å²) in [4.78, 5) is -0.147. The summed E-state index contributed by atoms with van der Waals surface area (Å²) in [7, 11) is 0. The molecule has 0 radical (unpaired) electrons. The molecule has 0 aliphatic heterocycles. The molecule has 82 valence electrons. The summed E-state index contributed by atoms with van der Waals surface area (Å²) in [6.45, 7) is 0. The van der Waals surface area contributed by atoms with Gasteiger partial charge >= 0.3 is 0 Å². The normalized spacial score (nSPS) is 12.4. The summed E-state index contributed by atoms with van der Waals surface area (Å²) < 4.78 is 13.7. The molecule has 0 amide bonds. The molecule has 0 heterocycles. The minimum absolute atomic E-state index is 0.147. The first-order valence-corrected chi connectivity index (χ1v) is 6.12. The van der Waals surface area contributed by atoms with Gasteiger partial charge in [-0.2, -0.15) is 0 Å². The fourth-order valence-electron chi connectivity index (χ4n) is 1.51. The summed E-state index contributed by atoms with van der Waals surface area (Å²) in [6, 6.07) is 14.4. The number of benzene rings is 2. The first-order valence-electron chi connectivity index (χ1n) is 4.82. The van der Waals surface area contributed by atoms with Gasteiger partial charge < -0.3 is 0 Å². The first kappa shape index (κ1) is 11.6. The summed E-state index contributed by atoms with van der Waals surface area (Å²) >= 11 is 9.20. The fraction of sp³-hybridized carbons (Fsp3) is 0.0769. The van der Waals surface area contributed by atoms with E-state index in [9.17, 15) is 4.39 Å². The molecule has 1 unspecified atom stereocenters. The number of alkyl halides is 1. The molecule has 0 aromatic heterocycles. The Labute approximate surface area is 107 Å². The minimum atomic E-state index is -0.293. The molecule has 2 aromatic rings. The van der Waals surface area contributed by atoms with E-state index >= 15 is 0 Å². The van der Waals surface area contributed by atoms with Gasteiger partial charge in [0.25, 0.3) is 0 Å². The third kappa shape index (κ3) is 2.45. The standard InChI is InChI=1S/C13H9BrClF/c14-13(9-4-2-1-3-5-9)11-7-6-10(15)8-12(11)16/h1-8,13H. The smallest absolute Gasteiger partial charge is 0.129 e. The number of rotatable bonds is 2. The van der Waals surface area contributed by atoms with Gasteiger partial charge in [0.2, 0.25) is 0 Å². The summed E-state index contributed by atoms with van der Waals surface area (Å²) in [6.07, 6.45) is 0. The number of hydrogen-bond donors (Lipinski definition) is 0. The quantitative estimate of drug-likeness (QED) is 0.687. The molecule has 0 aliphatic rings. The van der Waals surface area contributed by atoms with E-state index in [2.05, 4.69) is 15.9 Å². The lowest BCUT2D eigenvalue weighted by Crippen LogP contribution is -1.96. The van der Waals surface area contributed by atoms with Crippen molar-refractivity contribution >= 4 is 27.5 Å². The average Bonchev–Trinajstić information content (AvgIpc) is 2.29. The molecule has 0 bridgehead atoms. The Hall–Kier alpha value is -0.860. The Morgan fingerprint density at radius 1 is 1.06 bits per heavy atom. The van der Waals surface area contributed by atoms with Crippen LogP contribution in [-0.2, 0) is 0 Å². The van der Waals surface area contributed by atoms with Gasteiger partial charge in [0.15, 0.2) is 0 Å². The summed E-state index contributed by atoms with van der Waals surface area (Å²) in [5, 5.41) is 0.411. The average molecular weight is 300 g/mol. The van der Waals surface area contributed by atoms with Crippen molar-refractivity contribution in [2.45, 2.75) is 4.83 Å². The van der Waals surface area contributed by atoms with Gasteiger partial charge in [-0.25, -0.2) is 4.39 Å².